The topological polar surface area (TPSA) is 68.8 Å². The Balaban J connectivity index is 1.53. The van der Waals surface area contributed by atoms with Crippen LogP contribution in [0.2, 0.25) is 0 Å². The minimum atomic E-state index is 0.150. The molecule has 0 spiro atoms. The van der Waals surface area contributed by atoms with E-state index in [1.54, 1.807) is 18.1 Å². The summed E-state index contributed by atoms with van der Waals surface area (Å²) in [6.07, 6.45) is 4.51. The molecule has 7 nitrogen and oxygen atoms in total. The van der Waals surface area contributed by atoms with Crippen LogP contribution in [0, 0.1) is 6.92 Å². The fourth-order valence-corrected chi connectivity index (χ4v) is 4.38. The number of rotatable bonds is 5. The van der Waals surface area contributed by atoms with Crippen LogP contribution in [0.3, 0.4) is 0 Å². The highest BCUT2D eigenvalue weighted by Gasteiger charge is 2.32. The number of fused-ring (bicyclic) bond motifs is 1. The molecule has 1 aromatic heterocycles. The van der Waals surface area contributed by atoms with Crippen LogP contribution in [0.1, 0.15) is 36.2 Å². The second-order valence-corrected chi connectivity index (χ2v) is 7.72. The first-order valence-corrected chi connectivity index (χ1v) is 10.1. The van der Waals surface area contributed by atoms with E-state index < -0.39 is 0 Å². The van der Waals surface area contributed by atoms with Gasteiger partial charge in [0.15, 0.2) is 0 Å². The Kier molecular flexibility index (Phi) is 5.49. The van der Waals surface area contributed by atoms with Crippen LogP contribution in [0.5, 0.6) is 0 Å². The molecule has 1 aromatic carbocycles. The van der Waals surface area contributed by atoms with Gasteiger partial charge in [-0.25, -0.2) is 5.01 Å². The van der Waals surface area contributed by atoms with Gasteiger partial charge in [0.2, 0.25) is 12.3 Å². The van der Waals surface area contributed by atoms with Crippen molar-refractivity contribution in [1.29, 1.82) is 0 Å². The summed E-state index contributed by atoms with van der Waals surface area (Å²) in [5, 5.41) is 1.54. The number of hydrazine groups is 1. The lowest BCUT2D eigenvalue weighted by Crippen LogP contribution is -2.48. The van der Waals surface area contributed by atoms with Gasteiger partial charge in [-0.15, -0.1) is 0 Å². The summed E-state index contributed by atoms with van der Waals surface area (Å²) in [4.78, 5) is 32.1. The van der Waals surface area contributed by atoms with Gasteiger partial charge in [0.1, 0.15) is 0 Å². The van der Waals surface area contributed by atoms with Crippen molar-refractivity contribution >= 4 is 23.7 Å². The Bertz CT molecular complexity index is 891. The summed E-state index contributed by atoms with van der Waals surface area (Å²) in [5.74, 6) is 0.150. The average Bonchev–Trinajstić information content (AvgIpc) is 3.18. The van der Waals surface area contributed by atoms with Crippen molar-refractivity contribution in [2.45, 2.75) is 32.7 Å². The molecule has 2 aliphatic rings. The van der Waals surface area contributed by atoms with Crippen molar-refractivity contribution < 1.29 is 9.59 Å². The van der Waals surface area contributed by atoms with E-state index in [1.165, 1.54) is 11.1 Å². The van der Waals surface area contributed by atoms with Gasteiger partial charge in [-0.1, -0.05) is 12.1 Å². The molecule has 29 heavy (non-hydrogen) atoms. The van der Waals surface area contributed by atoms with Gasteiger partial charge in [-0.3, -0.25) is 24.9 Å². The van der Waals surface area contributed by atoms with Gasteiger partial charge in [0.25, 0.3) is 0 Å². The minimum absolute atomic E-state index is 0.150. The zero-order valence-corrected chi connectivity index (χ0v) is 17.0. The molecule has 7 heteroatoms. The monoisotopic (exact) mass is 393 g/mol. The molecule has 2 amide bonds. The van der Waals surface area contributed by atoms with Crippen LogP contribution in [0.15, 0.2) is 36.5 Å². The molecular weight excluding hydrogens is 366 g/mol. The minimum Gasteiger partial charge on any atom is -0.340 e. The second kappa shape index (κ2) is 8.21. The third-order valence-corrected chi connectivity index (χ3v) is 5.94. The Morgan fingerprint density at radius 3 is 2.66 bits per heavy atom. The van der Waals surface area contributed by atoms with Gasteiger partial charge in [-0.05, 0) is 49.1 Å². The Morgan fingerprint density at radius 2 is 2.00 bits per heavy atom. The molecule has 152 valence electrons. The van der Waals surface area contributed by atoms with Gasteiger partial charge >= 0.3 is 0 Å². The average molecular weight is 393 g/mol. The fraction of sp³-hybridized carbons (Fsp3) is 0.409. The van der Waals surface area contributed by atoms with E-state index in [4.69, 9.17) is 0 Å². The molecule has 0 bridgehead atoms. The molecule has 1 aliphatic carbocycles. The molecule has 4 rings (SSSR count). The Morgan fingerprint density at radius 1 is 1.21 bits per heavy atom. The van der Waals surface area contributed by atoms with Crippen molar-refractivity contribution in [3.05, 3.63) is 53.3 Å². The molecule has 1 aliphatic heterocycles. The highest BCUT2D eigenvalue weighted by Crippen LogP contribution is 2.40. The highest BCUT2D eigenvalue weighted by molar-refractivity contribution is 5.81. The van der Waals surface area contributed by atoms with Crippen molar-refractivity contribution in [2.75, 3.05) is 36.6 Å². The SMILES string of the molecule is CC(=O)N1CCN(C2CCc3c2cccc3N(C=O)Nc2ccc(C)nc2)CC1. The van der Waals surface area contributed by atoms with E-state index in [9.17, 15) is 9.59 Å². The number of piperazine rings is 1. The number of aryl methyl sites for hydroxylation is 1. The van der Waals surface area contributed by atoms with E-state index in [0.29, 0.717) is 6.04 Å². The second-order valence-electron chi connectivity index (χ2n) is 7.72. The Labute approximate surface area is 171 Å². The molecule has 0 saturated carbocycles. The van der Waals surface area contributed by atoms with Crippen molar-refractivity contribution in [3.8, 4) is 0 Å². The Hall–Kier alpha value is -2.93. The molecule has 1 unspecified atom stereocenters. The summed E-state index contributed by atoms with van der Waals surface area (Å²) in [6.45, 7) is 6.91. The summed E-state index contributed by atoms with van der Waals surface area (Å²) in [6, 6.07) is 10.3. The standard InChI is InChI=1S/C22H27N5O2/c1-16-6-7-18(14-23-16)24-27(15-28)22-5-3-4-19-20(22)8-9-21(19)26-12-10-25(11-13-26)17(2)29/h3-7,14-15,21,24H,8-13H2,1-2H3. The lowest BCUT2D eigenvalue weighted by atomic mass is 10.0. The third-order valence-electron chi connectivity index (χ3n) is 5.94. The van der Waals surface area contributed by atoms with Crippen LogP contribution in [0.25, 0.3) is 0 Å². The maximum absolute atomic E-state index is 11.9. The van der Waals surface area contributed by atoms with Gasteiger partial charge < -0.3 is 4.90 Å². The molecule has 2 aromatic rings. The van der Waals surface area contributed by atoms with Crippen LogP contribution in [-0.4, -0.2) is 53.3 Å². The first-order chi connectivity index (χ1) is 14.1. The van der Waals surface area contributed by atoms with Crippen LogP contribution in [-0.2, 0) is 16.0 Å². The number of anilines is 2. The number of amides is 2. The number of hydrogen-bond acceptors (Lipinski definition) is 5. The first-order valence-electron chi connectivity index (χ1n) is 10.1. The van der Waals surface area contributed by atoms with Crippen LogP contribution in [0.4, 0.5) is 11.4 Å². The van der Waals surface area contributed by atoms with Crippen LogP contribution >= 0.6 is 0 Å². The maximum atomic E-state index is 11.9. The quantitative estimate of drug-likeness (QED) is 0.625. The molecule has 2 heterocycles. The predicted molar refractivity (Wildman–Crippen MR) is 112 cm³/mol. The van der Waals surface area contributed by atoms with Gasteiger partial charge in [0.05, 0.1) is 17.6 Å². The van der Waals surface area contributed by atoms with Crippen molar-refractivity contribution in [3.63, 3.8) is 0 Å². The molecule has 1 atom stereocenters. The lowest BCUT2D eigenvalue weighted by Gasteiger charge is -2.38. The van der Waals surface area contributed by atoms with Crippen molar-refractivity contribution in [2.24, 2.45) is 0 Å². The van der Waals surface area contributed by atoms with Crippen LogP contribution < -0.4 is 10.4 Å². The smallest absolute Gasteiger partial charge is 0.232 e. The summed E-state index contributed by atoms with van der Waals surface area (Å²) in [5.41, 5.74) is 8.26. The largest absolute Gasteiger partial charge is 0.340 e. The molecule has 1 fully saturated rings. The number of nitrogens with zero attached hydrogens (tertiary/aromatic N) is 4. The molecule has 1 saturated heterocycles. The normalized spacial score (nSPS) is 19.0. The number of carbonyl (C=O) groups is 2. The summed E-state index contributed by atoms with van der Waals surface area (Å²) < 4.78 is 0. The predicted octanol–water partition coefficient (Wildman–Crippen LogP) is 2.53. The zero-order valence-electron chi connectivity index (χ0n) is 17.0. The van der Waals surface area contributed by atoms with Crippen molar-refractivity contribution in [1.82, 2.24) is 14.8 Å². The third kappa shape index (κ3) is 3.96. The van der Waals surface area contributed by atoms with E-state index >= 15 is 0 Å². The molecular formula is C22H27N5O2. The summed E-state index contributed by atoms with van der Waals surface area (Å²) in [7, 11) is 0. The van der Waals surface area contributed by atoms with E-state index in [1.807, 2.05) is 36.1 Å². The van der Waals surface area contributed by atoms with E-state index in [2.05, 4.69) is 21.4 Å². The number of carbonyl (C=O) groups excluding carboxylic acids is 2. The fourth-order valence-electron chi connectivity index (χ4n) is 4.38. The van der Waals surface area contributed by atoms with Gasteiger partial charge in [0, 0.05) is 44.8 Å². The van der Waals surface area contributed by atoms with E-state index in [0.717, 1.165) is 62.5 Å². The highest BCUT2D eigenvalue weighted by atomic mass is 16.2. The summed E-state index contributed by atoms with van der Waals surface area (Å²) >= 11 is 0. The number of aromatic nitrogens is 1. The van der Waals surface area contributed by atoms with Gasteiger partial charge in [-0.2, -0.15) is 0 Å². The van der Waals surface area contributed by atoms with E-state index in [-0.39, 0.29) is 5.91 Å². The zero-order chi connectivity index (χ0) is 20.4. The first kappa shape index (κ1) is 19.4. The molecule has 1 N–H and O–H groups in total. The number of nitrogens with one attached hydrogen (secondary N) is 1. The maximum Gasteiger partial charge on any atom is 0.232 e. The number of pyridine rings is 1. The molecule has 0 radical (unpaired) electrons. The number of hydrogen-bond donors (Lipinski definition) is 1. The lowest BCUT2D eigenvalue weighted by molar-refractivity contribution is -0.130. The number of benzene rings is 1.